The van der Waals surface area contributed by atoms with Crippen LogP contribution in [0.3, 0.4) is 0 Å². The highest BCUT2D eigenvalue weighted by molar-refractivity contribution is 8.00. The molecule has 1 atom stereocenters. The van der Waals surface area contributed by atoms with Crippen molar-refractivity contribution in [2.24, 2.45) is 0 Å². The van der Waals surface area contributed by atoms with Crippen LogP contribution in [-0.2, 0) is 11.3 Å². The summed E-state index contributed by atoms with van der Waals surface area (Å²) in [6.45, 7) is 2.97. The lowest BCUT2D eigenvalue weighted by Crippen LogP contribution is -2.20. The van der Waals surface area contributed by atoms with Crippen LogP contribution in [0.5, 0.6) is 5.75 Å². The van der Waals surface area contributed by atoms with Gasteiger partial charge in [-0.1, -0.05) is 54.2 Å². The van der Waals surface area contributed by atoms with E-state index in [1.165, 1.54) is 11.8 Å². The molecule has 0 radical (unpaired) electrons. The summed E-state index contributed by atoms with van der Waals surface area (Å²) in [7, 11) is 0. The Morgan fingerprint density at radius 3 is 2.65 bits per heavy atom. The monoisotopic (exact) mass is 474 g/mol. The molecule has 1 amide bonds. The molecule has 2 aromatic heterocycles. The predicted molar refractivity (Wildman–Crippen MR) is 131 cm³/mol. The second kappa shape index (κ2) is 10.2. The molecule has 1 aliphatic carbocycles. The molecule has 1 aliphatic rings. The van der Waals surface area contributed by atoms with E-state index in [1.54, 1.807) is 6.26 Å². The number of nitrogens with one attached hydrogen (secondary N) is 1. The van der Waals surface area contributed by atoms with E-state index in [2.05, 4.69) is 20.1 Å². The Labute approximate surface area is 202 Å². The van der Waals surface area contributed by atoms with Crippen molar-refractivity contribution in [2.45, 2.75) is 42.6 Å². The molecule has 5 rings (SSSR count). The second-order valence-electron chi connectivity index (χ2n) is 8.11. The van der Waals surface area contributed by atoms with Crippen molar-refractivity contribution in [3.05, 3.63) is 90.1 Å². The minimum atomic E-state index is -0.525. The third-order valence-corrected chi connectivity index (χ3v) is 6.83. The molecule has 4 aromatic rings. The van der Waals surface area contributed by atoms with Crippen LogP contribution in [0.4, 0.5) is 5.69 Å². The molecule has 8 heteroatoms. The molecule has 174 valence electrons. The molecule has 7 nitrogen and oxygen atoms in total. The highest BCUT2D eigenvalue weighted by atomic mass is 32.2. The van der Waals surface area contributed by atoms with Crippen molar-refractivity contribution in [1.82, 2.24) is 14.8 Å². The molecule has 0 spiro atoms. The van der Waals surface area contributed by atoms with E-state index in [0.717, 1.165) is 30.0 Å². The first-order chi connectivity index (χ1) is 16.7. The Morgan fingerprint density at radius 1 is 1.12 bits per heavy atom. The number of furan rings is 1. The standard InChI is InChI=1S/C26H26N4O3S/c1-2-32-22-13-7-6-12-21(22)27-25(31)23(18-9-4-3-5-10-18)34-26-29-28-24(19-14-15-19)30(26)17-20-11-8-16-33-20/h3-13,16,19,23H,2,14-15,17H2,1H3,(H,27,31). The third-order valence-electron chi connectivity index (χ3n) is 5.59. The zero-order chi connectivity index (χ0) is 23.3. The highest BCUT2D eigenvalue weighted by Crippen LogP contribution is 2.42. The van der Waals surface area contributed by atoms with Crippen molar-refractivity contribution in [1.29, 1.82) is 0 Å². The van der Waals surface area contributed by atoms with Gasteiger partial charge in [0.15, 0.2) is 5.16 Å². The number of nitrogens with zero attached hydrogens (tertiary/aromatic N) is 3. The van der Waals surface area contributed by atoms with E-state index in [4.69, 9.17) is 9.15 Å². The lowest BCUT2D eigenvalue weighted by molar-refractivity contribution is -0.115. The van der Waals surface area contributed by atoms with Crippen LogP contribution >= 0.6 is 11.8 Å². The van der Waals surface area contributed by atoms with Gasteiger partial charge in [0.05, 0.1) is 25.1 Å². The summed E-state index contributed by atoms with van der Waals surface area (Å²) in [6.07, 6.45) is 3.88. The zero-order valence-corrected chi connectivity index (χ0v) is 19.7. The van der Waals surface area contributed by atoms with E-state index < -0.39 is 5.25 Å². The fourth-order valence-electron chi connectivity index (χ4n) is 3.79. The van der Waals surface area contributed by atoms with Crippen LogP contribution in [-0.4, -0.2) is 27.3 Å². The number of aromatic nitrogens is 3. The Kier molecular flexibility index (Phi) is 6.67. The van der Waals surface area contributed by atoms with Crippen molar-refractivity contribution >= 4 is 23.4 Å². The first kappa shape index (κ1) is 22.3. The number of thioether (sulfide) groups is 1. The maximum atomic E-state index is 13.6. The van der Waals surface area contributed by atoms with Gasteiger partial charge < -0.3 is 14.5 Å². The quantitative estimate of drug-likeness (QED) is 0.298. The molecule has 1 fully saturated rings. The number of hydrogen-bond acceptors (Lipinski definition) is 6. The van der Waals surface area contributed by atoms with Gasteiger partial charge in [-0.25, -0.2) is 0 Å². The molecule has 2 heterocycles. The number of anilines is 1. The molecule has 0 bridgehead atoms. The van der Waals surface area contributed by atoms with Gasteiger partial charge in [-0.15, -0.1) is 10.2 Å². The first-order valence-corrected chi connectivity index (χ1v) is 12.3. The van der Waals surface area contributed by atoms with Crippen LogP contribution in [0.2, 0.25) is 0 Å². The minimum Gasteiger partial charge on any atom is -0.492 e. The van der Waals surface area contributed by atoms with Crippen LogP contribution in [0, 0.1) is 0 Å². The van der Waals surface area contributed by atoms with Crippen LogP contribution in [0.25, 0.3) is 0 Å². The number of benzene rings is 2. The second-order valence-corrected chi connectivity index (χ2v) is 9.18. The van der Waals surface area contributed by atoms with Crippen molar-refractivity contribution < 1.29 is 13.9 Å². The molecule has 34 heavy (non-hydrogen) atoms. The van der Waals surface area contributed by atoms with Crippen molar-refractivity contribution in [3.63, 3.8) is 0 Å². The van der Waals surface area contributed by atoms with Gasteiger partial charge in [0.25, 0.3) is 0 Å². The zero-order valence-electron chi connectivity index (χ0n) is 18.9. The number of amides is 1. The lowest BCUT2D eigenvalue weighted by Gasteiger charge is -2.18. The number of hydrogen-bond donors (Lipinski definition) is 1. The first-order valence-electron chi connectivity index (χ1n) is 11.4. The third kappa shape index (κ3) is 5.02. The van der Waals surface area contributed by atoms with Gasteiger partial charge in [0.1, 0.15) is 22.6 Å². The largest absolute Gasteiger partial charge is 0.492 e. The summed E-state index contributed by atoms with van der Waals surface area (Å²) >= 11 is 1.40. The smallest absolute Gasteiger partial charge is 0.242 e. The molecule has 0 aliphatic heterocycles. The van der Waals surface area contributed by atoms with Crippen LogP contribution in [0.1, 0.15) is 48.1 Å². The Balaban J connectivity index is 1.45. The number of rotatable bonds is 10. The molecule has 2 aromatic carbocycles. The summed E-state index contributed by atoms with van der Waals surface area (Å²) in [4.78, 5) is 13.6. The predicted octanol–water partition coefficient (Wildman–Crippen LogP) is 5.67. The maximum Gasteiger partial charge on any atom is 0.242 e. The van der Waals surface area contributed by atoms with Crippen molar-refractivity contribution in [2.75, 3.05) is 11.9 Å². The fourth-order valence-corrected chi connectivity index (χ4v) is 4.84. The summed E-state index contributed by atoms with van der Waals surface area (Å²) in [6, 6.07) is 21.0. The Hall–Kier alpha value is -3.52. The summed E-state index contributed by atoms with van der Waals surface area (Å²) < 4.78 is 13.4. The van der Waals surface area contributed by atoms with Gasteiger partial charge >= 0.3 is 0 Å². The lowest BCUT2D eigenvalue weighted by atomic mass is 10.1. The molecule has 1 N–H and O–H groups in total. The van der Waals surface area contributed by atoms with E-state index >= 15 is 0 Å². The normalized spacial score (nSPS) is 14.0. The fraction of sp³-hybridized carbons (Fsp3) is 0.269. The van der Waals surface area contributed by atoms with Gasteiger partial charge in [0.2, 0.25) is 5.91 Å². The molecular weight excluding hydrogens is 448 g/mol. The summed E-state index contributed by atoms with van der Waals surface area (Å²) in [5.41, 5.74) is 1.53. The average Bonchev–Trinajstić information content (AvgIpc) is 3.43. The SMILES string of the molecule is CCOc1ccccc1NC(=O)C(Sc1nnc(C2CC2)n1Cc1ccco1)c1ccccc1. The number of carbonyl (C=O) groups excluding carboxylic acids is 1. The summed E-state index contributed by atoms with van der Waals surface area (Å²) in [5, 5.41) is 12.2. The van der Waals surface area contributed by atoms with Gasteiger partial charge in [-0.2, -0.15) is 0 Å². The van der Waals surface area contributed by atoms with E-state index in [9.17, 15) is 4.79 Å². The molecular formula is C26H26N4O3S. The van der Waals surface area contributed by atoms with Crippen LogP contribution < -0.4 is 10.1 Å². The molecule has 0 saturated heterocycles. The topological polar surface area (TPSA) is 82.2 Å². The van der Waals surface area contributed by atoms with Crippen LogP contribution in [0.15, 0.2) is 82.6 Å². The minimum absolute atomic E-state index is 0.149. The number of carbonyl (C=O) groups is 1. The highest BCUT2D eigenvalue weighted by Gasteiger charge is 2.32. The average molecular weight is 475 g/mol. The van der Waals surface area contributed by atoms with E-state index in [1.807, 2.05) is 73.7 Å². The van der Waals surface area contributed by atoms with Gasteiger partial charge in [-0.05, 0) is 49.6 Å². The Bertz CT molecular complexity index is 1240. The molecule has 1 unspecified atom stereocenters. The van der Waals surface area contributed by atoms with E-state index in [-0.39, 0.29) is 5.91 Å². The van der Waals surface area contributed by atoms with Crippen molar-refractivity contribution in [3.8, 4) is 5.75 Å². The maximum absolute atomic E-state index is 13.6. The summed E-state index contributed by atoms with van der Waals surface area (Å²) in [5.74, 6) is 2.69. The van der Waals surface area contributed by atoms with Gasteiger partial charge in [0, 0.05) is 5.92 Å². The van der Waals surface area contributed by atoms with E-state index in [0.29, 0.717) is 35.7 Å². The molecule has 1 saturated carbocycles. The van der Waals surface area contributed by atoms with Gasteiger partial charge in [-0.3, -0.25) is 9.36 Å². The Morgan fingerprint density at radius 2 is 1.91 bits per heavy atom. The number of ether oxygens (including phenoxy) is 1. The number of para-hydroxylation sites is 2.